The van der Waals surface area contributed by atoms with Crippen molar-refractivity contribution in [1.29, 1.82) is 0 Å². The van der Waals surface area contributed by atoms with Gasteiger partial charge < -0.3 is 0 Å². The molecule has 13 rings (SSSR count). The first-order valence-electron chi connectivity index (χ1n) is 35.2. The molecule has 0 bridgehead atoms. The Morgan fingerprint density at radius 2 is 0.353 bits per heavy atom. The van der Waals surface area contributed by atoms with E-state index < -0.39 is 0 Å². The molecule has 7 aromatic carbocycles. The van der Waals surface area contributed by atoms with E-state index >= 15 is 0 Å². The highest BCUT2D eigenvalue weighted by Gasteiger charge is 2.30. The third kappa shape index (κ3) is 15.1. The summed E-state index contributed by atoms with van der Waals surface area (Å²) in [6.45, 7) is 38.4. The number of hydrogen-bond donors (Lipinski definition) is 0. The molecule has 0 unspecified atom stereocenters. The highest BCUT2D eigenvalue weighted by molar-refractivity contribution is 5.94. The summed E-state index contributed by atoms with van der Waals surface area (Å²) < 4.78 is 0. The number of pyridine rings is 3. The summed E-state index contributed by atoms with van der Waals surface area (Å²) >= 11 is 0. The highest BCUT2D eigenvalue weighted by Crippen LogP contribution is 2.44. The van der Waals surface area contributed by atoms with Gasteiger partial charge in [0.25, 0.3) is 0 Å². The number of rotatable bonds is 12. The van der Waals surface area contributed by atoms with Crippen molar-refractivity contribution in [2.75, 3.05) is 0 Å². The molecule has 0 aliphatic heterocycles. The molecule has 0 radical (unpaired) electrons. The number of hydrogen-bond acceptors (Lipinski definition) is 12. The molecular formula is C90H90N12. The number of aromatic nitrogens is 12. The van der Waals surface area contributed by atoms with E-state index in [2.05, 4.69) is 325 Å². The molecule has 6 heterocycles. The van der Waals surface area contributed by atoms with Crippen LogP contribution in [0.3, 0.4) is 0 Å². The van der Waals surface area contributed by atoms with E-state index in [9.17, 15) is 0 Å². The van der Waals surface area contributed by atoms with Gasteiger partial charge in [0.15, 0.2) is 17.5 Å². The molecule has 0 fully saturated rings. The summed E-state index contributed by atoms with van der Waals surface area (Å²) in [6.07, 6.45) is 5.63. The second kappa shape index (κ2) is 26.8. The normalized spacial score (nSPS) is 12.4. The molecule has 6 aromatic heterocycles. The summed E-state index contributed by atoms with van der Waals surface area (Å²) in [6, 6.07) is 71.9. The Bertz CT molecular complexity index is 4580. The average Bonchev–Trinajstić information content (AvgIpc) is 0.782. The first-order valence-corrected chi connectivity index (χ1v) is 35.2. The van der Waals surface area contributed by atoms with Gasteiger partial charge >= 0.3 is 0 Å². The van der Waals surface area contributed by atoms with Crippen molar-refractivity contribution in [1.82, 2.24) is 59.8 Å². The Morgan fingerprint density at radius 3 is 0.529 bits per heavy atom. The van der Waals surface area contributed by atoms with Gasteiger partial charge in [0.2, 0.25) is 0 Å². The van der Waals surface area contributed by atoms with Gasteiger partial charge in [-0.1, -0.05) is 270 Å². The summed E-state index contributed by atoms with van der Waals surface area (Å²) in [4.78, 5) is 59.3. The molecule has 12 nitrogen and oxygen atoms in total. The van der Waals surface area contributed by atoms with Crippen LogP contribution in [0.5, 0.6) is 0 Å². The first-order chi connectivity index (χ1) is 48.3. The third-order valence-electron chi connectivity index (χ3n) is 18.1. The maximum Gasteiger partial charge on any atom is 0.164 e. The van der Waals surface area contributed by atoms with Crippen LogP contribution in [-0.2, 0) is 32.5 Å². The first kappa shape index (κ1) is 69.5. The lowest BCUT2D eigenvalue weighted by atomic mass is 9.86. The van der Waals surface area contributed by atoms with Gasteiger partial charge in [0, 0.05) is 84.5 Å². The molecule has 0 spiro atoms. The van der Waals surface area contributed by atoms with Gasteiger partial charge in [-0.3, -0.25) is 15.0 Å². The lowest BCUT2D eigenvalue weighted by Crippen LogP contribution is -2.24. The Labute approximate surface area is 602 Å². The maximum absolute atomic E-state index is 4.99. The van der Waals surface area contributed by atoms with Crippen molar-refractivity contribution >= 4 is 0 Å². The van der Waals surface area contributed by atoms with E-state index in [1.807, 2.05) is 18.6 Å². The van der Waals surface area contributed by atoms with Gasteiger partial charge in [-0.05, 0) is 121 Å². The van der Waals surface area contributed by atoms with Crippen LogP contribution < -0.4 is 0 Å². The van der Waals surface area contributed by atoms with Gasteiger partial charge in [0.1, 0.15) is 34.9 Å². The Kier molecular flexibility index (Phi) is 18.3. The molecule has 0 N–H and O–H groups in total. The molecule has 510 valence electrons. The third-order valence-corrected chi connectivity index (χ3v) is 18.1. The molecule has 13 aromatic rings. The van der Waals surface area contributed by atoms with Gasteiger partial charge in [-0.15, -0.1) is 0 Å². The van der Waals surface area contributed by atoms with Crippen molar-refractivity contribution in [2.24, 2.45) is 0 Å². The van der Waals surface area contributed by atoms with Crippen molar-refractivity contribution in [3.8, 4) is 135 Å². The smallest absolute Gasteiger partial charge is 0.164 e. The molecule has 0 saturated carbocycles. The maximum atomic E-state index is 4.99. The molecular weight excluding hydrogens is 1250 g/mol. The number of benzene rings is 7. The fourth-order valence-electron chi connectivity index (χ4n) is 12.1. The van der Waals surface area contributed by atoms with Crippen molar-refractivity contribution in [3.63, 3.8) is 0 Å². The van der Waals surface area contributed by atoms with E-state index in [0.717, 1.165) is 152 Å². The largest absolute Gasteiger partial charge is 0.255 e. The van der Waals surface area contributed by atoms with Crippen LogP contribution in [0.15, 0.2) is 219 Å². The minimum atomic E-state index is -0.248. The Morgan fingerprint density at radius 1 is 0.176 bits per heavy atom. The van der Waals surface area contributed by atoms with E-state index in [-0.39, 0.29) is 32.5 Å². The predicted molar refractivity (Wildman–Crippen MR) is 417 cm³/mol. The second-order valence-corrected chi connectivity index (χ2v) is 32.9. The minimum Gasteiger partial charge on any atom is -0.255 e. The SMILES string of the molecule is CC(C)(C)c1nc(-c2ccc(-c3ccc(-c4ccccc4-c4cc(-c5ccccc5-c5ccc(-c6ccc(-c7nc(C(C)(C)C)nc(C(C)(C)C)n7)cn6)cc5)cc(-c5ccccc5-c5ccc(-c6ccc(-c7nc(C(C)(C)C)nc(C(C)(C)C)n7)cn6)cc5)c4)cc3)nc2)nc(C(C)(C)C)n1. The Balaban J connectivity index is 0.856. The standard InChI is InChI=1S/C90H90N12/c1-85(2,3)79-94-76(95-80(100-79)86(4,5)6)61-43-46-73(91-52-61)58-37-31-55(32-38-58)67-25-19-22-28-70(67)64-49-65(71-29-23-20-26-68(71)56-33-39-59(40-34-56)74-47-44-62(53-92-74)77-96-81(87(7,8)9)101-82(97-77)88(10,11)12)51-66(50-64)72-30-24-21-27-69(72)57-35-41-60(42-36-57)75-48-45-63(54-93-75)78-98-83(89(13,14)15)102-84(99-78)90(16,17)18/h19-54H,1-18H3. The molecule has 0 saturated heterocycles. The van der Waals surface area contributed by atoms with Crippen LogP contribution in [0.4, 0.5) is 0 Å². The molecule has 102 heavy (non-hydrogen) atoms. The quantitative estimate of drug-likeness (QED) is 0.114. The van der Waals surface area contributed by atoms with Crippen LogP contribution >= 0.6 is 0 Å². The summed E-state index contributed by atoms with van der Waals surface area (Å²) in [7, 11) is 0. The average molecular weight is 1340 g/mol. The highest BCUT2D eigenvalue weighted by atomic mass is 15.1. The van der Waals surface area contributed by atoms with Gasteiger partial charge in [-0.2, -0.15) is 0 Å². The van der Waals surface area contributed by atoms with Crippen molar-refractivity contribution in [3.05, 3.63) is 254 Å². The lowest BCUT2D eigenvalue weighted by molar-refractivity contribution is 0.497. The Hall–Kier alpha value is -11.0. The topological polar surface area (TPSA) is 155 Å². The van der Waals surface area contributed by atoms with Crippen LogP contribution in [0, 0.1) is 0 Å². The zero-order chi connectivity index (χ0) is 72.3. The van der Waals surface area contributed by atoms with Crippen LogP contribution in [0.25, 0.3) is 135 Å². The van der Waals surface area contributed by atoms with Gasteiger partial charge in [0.05, 0.1) is 17.1 Å². The molecule has 0 aliphatic rings. The van der Waals surface area contributed by atoms with E-state index in [0.29, 0.717) is 17.5 Å². The fourth-order valence-corrected chi connectivity index (χ4v) is 12.1. The van der Waals surface area contributed by atoms with E-state index in [1.54, 1.807) is 0 Å². The van der Waals surface area contributed by atoms with Crippen LogP contribution in [-0.4, -0.2) is 59.8 Å². The molecule has 0 aliphatic carbocycles. The molecule has 0 atom stereocenters. The minimum absolute atomic E-state index is 0.248. The zero-order valence-electron chi connectivity index (χ0n) is 62.2. The summed E-state index contributed by atoms with van der Waals surface area (Å²) in [5, 5.41) is 0. The predicted octanol–water partition coefficient (Wildman–Crippen LogP) is 22.2. The molecule has 0 amide bonds. The fraction of sp³-hybridized carbons (Fsp3) is 0.267. The zero-order valence-corrected chi connectivity index (χ0v) is 62.2. The molecule has 12 heteroatoms. The van der Waals surface area contributed by atoms with E-state index in [1.165, 1.54) is 0 Å². The van der Waals surface area contributed by atoms with Gasteiger partial charge in [-0.25, -0.2) is 44.9 Å². The van der Waals surface area contributed by atoms with Crippen LogP contribution in [0.2, 0.25) is 0 Å². The monoisotopic (exact) mass is 1340 g/mol. The summed E-state index contributed by atoms with van der Waals surface area (Å²) in [5.41, 5.74) is 19.9. The second-order valence-electron chi connectivity index (χ2n) is 32.9. The lowest BCUT2D eigenvalue weighted by Gasteiger charge is -2.22. The summed E-state index contributed by atoms with van der Waals surface area (Å²) in [5.74, 6) is 6.47. The van der Waals surface area contributed by atoms with Crippen LogP contribution in [0.1, 0.15) is 160 Å². The van der Waals surface area contributed by atoms with Crippen molar-refractivity contribution < 1.29 is 0 Å². The van der Waals surface area contributed by atoms with Crippen molar-refractivity contribution in [2.45, 2.75) is 157 Å². The van der Waals surface area contributed by atoms with E-state index in [4.69, 9.17) is 59.8 Å². The number of nitrogens with zero attached hydrogens (tertiary/aromatic N) is 12.